The van der Waals surface area contributed by atoms with Gasteiger partial charge in [-0.3, -0.25) is 4.79 Å². The number of hydrogen-bond donors (Lipinski definition) is 2. The first-order valence-corrected chi connectivity index (χ1v) is 8.81. The van der Waals surface area contributed by atoms with Crippen LogP contribution in [0.4, 0.5) is 5.69 Å². The first-order chi connectivity index (χ1) is 11.5. The normalized spacial score (nSPS) is 12.0. The van der Waals surface area contributed by atoms with Gasteiger partial charge in [0.2, 0.25) is 5.91 Å². The fraction of sp³-hybridized carbons (Fsp3) is 0.471. The summed E-state index contributed by atoms with van der Waals surface area (Å²) in [6, 6.07) is 7.25. The zero-order chi connectivity index (χ0) is 17.5. The standard InChI is InChI=1S/C17H24N4O2S/c1-5-14(19-12-7-6-8-13(9-12)23-4)17(22)18-10-15-16(11(2)3)20-21-24-15/h6-9,11,14,19H,5,10H2,1-4H3,(H,18,22)/t14-/m1/s1. The number of hydrogen-bond acceptors (Lipinski definition) is 6. The summed E-state index contributed by atoms with van der Waals surface area (Å²) >= 11 is 1.34. The number of carbonyl (C=O) groups excluding carboxylic acids is 1. The second kappa shape index (κ2) is 8.63. The van der Waals surface area contributed by atoms with Crippen molar-refractivity contribution in [2.24, 2.45) is 0 Å². The van der Waals surface area contributed by atoms with Gasteiger partial charge in [0.25, 0.3) is 0 Å². The zero-order valence-corrected chi connectivity index (χ0v) is 15.3. The molecule has 1 amide bonds. The van der Waals surface area contributed by atoms with Crippen LogP contribution >= 0.6 is 11.5 Å². The molecular weight excluding hydrogens is 324 g/mol. The second-order valence-corrected chi connectivity index (χ2v) is 6.63. The zero-order valence-electron chi connectivity index (χ0n) is 14.5. The van der Waals surface area contributed by atoms with Crippen molar-refractivity contribution >= 4 is 23.1 Å². The van der Waals surface area contributed by atoms with E-state index in [1.54, 1.807) is 7.11 Å². The Morgan fingerprint density at radius 3 is 2.83 bits per heavy atom. The average Bonchev–Trinajstić information content (AvgIpc) is 3.06. The van der Waals surface area contributed by atoms with E-state index in [4.69, 9.17) is 4.74 Å². The molecule has 0 aliphatic rings. The maximum Gasteiger partial charge on any atom is 0.242 e. The molecule has 0 aliphatic carbocycles. The molecule has 1 aromatic carbocycles. The highest BCUT2D eigenvalue weighted by atomic mass is 32.1. The van der Waals surface area contributed by atoms with Gasteiger partial charge in [-0.25, -0.2) is 0 Å². The number of benzene rings is 1. The van der Waals surface area contributed by atoms with Crippen LogP contribution in [0.15, 0.2) is 24.3 Å². The molecule has 0 bridgehead atoms. The lowest BCUT2D eigenvalue weighted by atomic mass is 10.1. The Bertz CT molecular complexity index is 672. The Morgan fingerprint density at radius 1 is 1.38 bits per heavy atom. The highest BCUT2D eigenvalue weighted by molar-refractivity contribution is 7.05. The number of amides is 1. The van der Waals surface area contributed by atoms with E-state index < -0.39 is 0 Å². The van der Waals surface area contributed by atoms with Gasteiger partial charge in [0.15, 0.2) is 0 Å². The molecule has 7 heteroatoms. The van der Waals surface area contributed by atoms with Gasteiger partial charge >= 0.3 is 0 Å². The molecule has 1 aromatic heterocycles. The third-order valence-corrected chi connectivity index (χ3v) is 4.43. The molecule has 0 saturated heterocycles. The van der Waals surface area contributed by atoms with Gasteiger partial charge in [-0.05, 0) is 36.0 Å². The third-order valence-electron chi connectivity index (χ3n) is 3.69. The van der Waals surface area contributed by atoms with E-state index in [0.29, 0.717) is 18.9 Å². The molecule has 2 aromatic rings. The smallest absolute Gasteiger partial charge is 0.242 e. The predicted octanol–water partition coefficient (Wildman–Crippen LogP) is 3.18. The van der Waals surface area contributed by atoms with Crippen LogP contribution in [0, 0.1) is 0 Å². The largest absolute Gasteiger partial charge is 0.497 e. The van der Waals surface area contributed by atoms with Gasteiger partial charge in [0, 0.05) is 11.8 Å². The molecule has 0 unspecified atom stereocenters. The molecular formula is C17H24N4O2S. The third kappa shape index (κ3) is 4.67. The number of nitrogens with one attached hydrogen (secondary N) is 2. The molecule has 0 fully saturated rings. The van der Waals surface area contributed by atoms with Crippen LogP contribution in [0.25, 0.3) is 0 Å². The lowest BCUT2D eigenvalue weighted by Gasteiger charge is -2.18. The molecule has 2 rings (SSSR count). The number of ether oxygens (including phenoxy) is 1. The Hall–Kier alpha value is -2.15. The van der Waals surface area contributed by atoms with Crippen LogP contribution in [-0.4, -0.2) is 28.6 Å². The molecule has 24 heavy (non-hydrogen) atoms. The van der Waals surface area contributed by atoms with E-state index in [9.17, 15) is 4.79 Å². The fourth-order valence-electron chi connectivity index (χ4n) is 2.33. The van der Waals surface area contributed by atoms with Crippen LogP contribution in [-0.2, 0) is 11.3 Å². The van der Waals surface area contributed by atoms with Gasteiger partial charge in [0.1, 0.15) is 11.8 Å². The minimum atomic E-state index is -0.305. The van der Waals surface area contributed by atoms with Crippen molar-refractivity contribution in [3.8, 4) is 5.75 Å². The van der Waals surface area contributed by atoms with Crippen molar-refractivity contribution in [1.82, 2.24) is 14.9 Å². The van der Waals surface area contributed by atoms with Crippen molar-refractivity contribution in [3.05, 3.63) is 34.8 Å². The molecule has 0 radical (unpaired) electrons. The van der Waals surface area contributed by atoms with Crippen molar-refractivity contribution in [2.45, 2.75) is 45.7 Å². The van der Waals surface area contributed by atoms with E-state index in [2.05, 4.69) is 34.1 Å². The minimum Gasteiger partial charge on any atom is -0.497 e. The van der Waals surface area contributed by atoms with Gasteiger partial charge in [-0.1, -0.05) is 31.3 Å². The molecule has 2 N–H and O–H groups in total. The topological polar surface area (TPSA) is 76.1 Å². The van der Waals surface area contributed by atoms with Crippen LogP contribution < -0.4 is 15.4 Å². The molecule has 1 heterocycles. The Labute approximate surface area is 146 Å². The second-order valence-electron chi connectivity index (χ2n) is 5.79. The number of anilines is 1. The summed E-state index contributed by atoms with van der Waals surface area (Å²) in [4.78, 5) is 13.5. The Morgan fingerprint density at radius 2 is 2.17 bits per heavy atom. The van der Waals surface area contributed by atoms with E-state index in [1.165, 1.54) is 11.5 Å². The van der Waals surface area contributed by atoms with Gasteiger partial charge in [0.05, 0.1) is 24.2 Å². The summed E-state index contributed by atoms with van der Waals surface area (Å²) in [6.45, 7) is 6.58. The summed E-state index contributed by atoms with van der Waals surface area (Å²) in [5, 5.41) is 10.4. The van der Waals surface area contributed by atoms with E-state index in [1.807, 2.05) is 31.2 Å². The minimum absolute atomic E-state index is 0.0385. The van der Waals surface area contributed by atoms with Gasteiger partial charge in [-0.2, -0.15) is 0 Å². The number of nitrogens with zero attached hydrogens (tertiary/aromatic N) is 2. The summed E-state index contributed by atoms with van der Waals surface area (Å²) in [5.41, 5.74) is 1.81. The Kier molecular flexibility index (Phi) is 6.54. The summed E-state index contributed by atoms with van der Waals surface area (Å²) < 4.78 is 9.19. The quantitative estimate of drug-likeness (QED) is 0.766. The van der Waals surface area contributed by atoms with Crippen LogP contribution in [0.3, 0.4) is 0 Å². The van der Waals surface area contributed by atoms with Crippen molar-refractivity contribution in [2.75, 3.05) is 12.4 Å². The number of methoxy groups -OCH3 is 1. The number of carbonyl (C=O) groups is 1. The van der Waals surface area contributed by atoms with Crippen molar-refractivity contribution < 1.29 is 9.53 Å². The highest BCUT2D eigenvalue weighted by Crippen LogP contribution is 2.20. The molecule has 6 nitrogen and oxygen atoms in total. The molecule has 130 valence electrons. The van der Waals surface area contributed by atoms with Crippen LogP contribution in [0.1, 0.15) is 43.7 Å². The van der Waals surface area contributed by atoms with E-state index >= 15 is 0 Å². The average molecular weight is 348 g/mol. The molecule has 0 saturated carbocycles. The Balaban J connectivity index is 1.97. The lowest BCUT2D eigenvalue weighted by molar-refractivity contribution is -0.122. The summed E-state index contributed by atoms with van der Waals surface area (Å²) in [5.74, 6) is 1.02. The van der Waals surface area contributed by atoms with Crippen LogP contribution in [0.5, 0.6) is 5.75 Å². The summed E-state index contributed by atoms with van der Waals surface area (Å²) in [6.07, 6.45) is 0.682. The monoisotopic (exact) mass is 348 g/mol. The van der Waals surface area contributed by atoms with E-state index in [0.717, 1.165) is 22.0 Å². The van der Waals surface area contributed by atoms with Crippen LogP contribution in [0.2, 0.25) is 0 Å². The maximum absolute atomic E-state index is 12.5. The fourth-order valence-corrected chi connectivity index (χ4v) is 3.07. The molecule has 0 aliphatic heterocycles. The highest BCUT2D eigenvalue weighted by Gasteiger charge is 2.18. The SMILES string of the molecule is CC[C@@H](Nc1cccc(OC)c1)C(=O)NCc1snnc1C(C)C. The van der Waals surface area contributed by atoms with Crippen molar-refractivity contribution in [3.63, 3.8) is 0 Å². The first kappa shape index (κ1) is 18.2. The van der Waals surface area contributed by atoms with Gasteiger partial charge < -0.3 is 15.4 Å². The van der Waals surface area contributed by atoms with Crippen molar-refractivity contribution in [1.29, 1.82) is 0 Å². The molecule has 0 spiro atoms. The number of rotatable bonds is 8. The lowest BCUT2D eigenvalue weighted by Crippen LogP contribution is -2.38. The first-order valence-electron chi connectivity index (χ1n) is 8.04. The van der Waals surface area contributed by atoms with E-state index in [-0.39, 0.29) is 11.9 Å². The maximum atomic E-state index is 12.5. The predicted molar refractivity (Wildman–Crippen MR) is 96.5 cm³/mol. The summed E-state index contributed by atoms with van der Waals surface area (Å²) in [7, 11) is 1.62. The number of aromatic nitrogens is 2. The van der Waals surface area contributed by atoms with Gasteiger partial charge in [-0.15, -0.1) is 5.10 Å². The molecule has 1 atom stereocenters.